The third-order valence-corrected chi connectivity index (χ3v) is 2.36. The monoisotopic (exact) mass is 215 g/mol. The molecule has 2 rings (SSSR count). The van der Waals surface area contributed by atoms with Gasteiger partial charge in [0.1, 0.15) is 5.75 Å². The molecular weight excluding hydrogens is 202 g/mol. The van der Waals surface area contributed by atoms with E-state index in [1.165, 1.54) is 0 Å². The average molecular weight is 215 g/mol. The van der Waals surface area contributed by atoms with Crippen molar-refractivity contribution in [2.24, 2.45) is 5.73 Å². The van der Waals surface area contributed by atoms with Crippen molar-refractivity contribution in [3.05, 3.63) is 42.4 Å². The predicted molar refractivity (Wildman–Crippen MR) is 61.9 cm³/mol. The maximum absolute atomic E-state index is 5.66. The molecule has 0 aliphatic heterocycles. The summed E-state index contributed by atoms with van der Waals surface area (Å²) in [6.45, 7) is 0.442. The molecule has 0 radical (unpaired) electrons. The van der Waals surface area contributed by atoms with Crippen LogP contribution in [0, 0.1) is 0 Å². The maximum atomic E-state index is 5.66. The van der Waals surface area contributed by atoms with Crippen LogP contribution in [0.25, 0.3) is 11.3 Å². The fourth-order valence-electron chi connectivity index (χ4n) is 1.55. The largest absolute Gasteiger partial charge is 0.496 e. The molecule has 4 heteroatoms. The first-order valence-corrected chi connectivity index (χ1v) is 4.98. The summed E-state index contributed by atoms with van der Waals surface area (Å²) in [5, 5.41) is 0. The van der Waals surface area contributed by atoms with E-state index >= 15 is 0 Å². The summed E-state index contributed by atoms with van der Waals surface area (Å²) in [6, 6.07) is 5.82. The van der Waals surface area contributed by atoms with Crippen molar-refractivity contribution in [3.8, 4) is 17.0 Å². The smallest absolute Gasteiger partial charge is 0.123 e. The molecular formula is C12H13N3O. The van der Waals surface area contributed by atoms with Crippen LogP contribution >= 0.6 is 0 Å². The Morgan fingerprint density at radius 3 is 2.81 bits per heavy atom. The normalized spacial score (nSPS) is 10.1. The van der Waals surface area contributed by atoms with E-state index in [0.29, 0.717) is 6.54 Å². The molecule has 0 bridgehead atoms. The van der Waals surface area contributed by atoms with Crippen molar-refractivity contribution in [1.29, 1.82) is 0 Å². The van der Waals surface area contributed by atoms with Gasteiger partial charge in [-0.15, -0.1) is 0 Å². The molecule has 0 unspecified atom stereocenters. The fourth-order valence-corrected chi connectivity index (χ4v) is 1.55. The highest BCUT2D eigenvalue weighted by Gasteiger charge is 2.05. The number of ether oxygens (including phenoxy) is 1. The van der Waals surface area contributed by atoms with Crippen LogP contribution in [0.1, 0.15) is 5.56 Å². The first-order valence-electron chi connectivity index (χ1n) is 4.98. The molecule has 0 atom stereocenters. The van der Waals surface area contributed by atoms with Gasteiger partial charge in [-0.25, -0.2) is 0 Å². The summed E-state index contributed by atoms with van der Waals surface area (Å²) < 4.78 is 5.21. The van der Waals surface area contributed by atoms with Gasteiger partial charge in [0.05, 0.1) is 19.0 Å². The molecule has 1 aromatic heterocycles. The number of nitrogens with two attached hydrogens (primary N) is 1. The Hall–Kier alpha value is -1.94. The minimum atomic E-state index is 0.442. The SMILES string of the molecule is COc1ccc(-c2cnccn2)cc1CN. The lowest BCUT2D eigenvalue weighted by Gasteiger charge is -2.08. The first-order chi connectivity index (χ1) is 7.85. The molecule has 82 valence electrons. The second kappa shape index (κ2) is 4.72. The standard InChI is InChI=1S/C12H13N3O/c1-16-12-3-2-9(6-10(12)7-13)11-8-14-4-5-15-11/h2-6,8H,7,13H2,1H3. The van der Waals surface area contributed by atoms with Crippen LogP contribution in [0.2, 0.25) is 0 Å². The lowest BCUT2D eigenvalue weighted by atomic mass is 10.1. The summed E-state index contributed by atoms with van der Waals surface area (Å²) in [5.74, 6) is 0.801. The Kier molecular flexibility index (Phi) is 3.12. The third-order valence-electron chi connectivity index (χ3n) is 2.36. The zero-order valence-corrected chi connectivity index (χ0v) is 9.05. The highest BCUT2D eigenvalue weighted by molar-refractivity contribution is 5.61. The summed E-state index contributed by atoms with van der Waals surface area (Å²) in [4.78, 5) is 8.27. The Labute approximate surface area is 94.1 Å². The number of nitrogens with zero attached hydrogens (tertiary/aromatic N) is 2. The number of rotatable bonds is 3. The van der Waals surface area contributed by atoms with Crippen molar-refractivity contribution < 1.29 is 4.74 Å². The zero-order chi connectivity index (χ0) is 11.4. The minimum Gasteiger partial charge on any atom is -0.496 e. The van der Waals surface area contributed by atoms with E-state index in [4.69, 9.17) is 10.5 Å². The lowest BCUT2D eigenvalue weighted by molar-refractivity contribution is 0.410. The van der Waals surface area contributed by atoms with E-state index in [1.807, 2.05) is 18.2 Å². The van der Waals surface area contributed by atoms with Crippen LogP contribution in [0.15, 0.2) is 36.8 Å². The van der Waals surface area contributed by atoms with Gasteiger partial charge in [-0.3, -0.25) is 9.97 Å². The minimum absolute atomic E-state index is 0.442. The van der Waals surface area contributed by atoms with Crippen molar-refractivity contribution in [2.75, 3.05) is 7.11 Å². The van der Waals surface area contributed by atoms with E-state index in [9.17, 15) is 0 Å². The van der Waals surface area contributed by atoms with E-state index < -0.39 is 0 Å². The fraction of sp³-hybridized carbons (Fsp3) is 0.167. The molecule has 2 N–H and O–H groups in total. The van der Waals surface area contributed by atoms with Crippen molar-refractivity contribution in [2.45, 2.75) is 6.54 Å². The van der Waals surface area contributed by atoms with Gasteiger partial charge in [0.25, 0.3) is 0 Å². The molecule has 2 aromatic rings. The van der Waals surface area contributed by atoms with E-state index in [-0.39, 0.29) is 0 Å². The summed E-state index contributed by atoms with van der Waals surface area (Å²) in [7, 11) is 1.64. The lowest BCUT2D eigenvalue weighted by Crippen LogP contribution is -2.00. The summed E-state index contributed by atoms with van der Waals surface area (Å²) in [6.07, 6.45) is 5.04. The van der Waals surface area contributed by atoms with Crippen molar-refractivity contribution in [1.82, 2.24) is 9.97 Å². The quantitative estimate of drug-likeness (QED) is 0.845. The molecule has 0 saturated carbocycles. The molecule has 16 heavy (non-hydrogen) atoms. The molecule has 1 heterocycles. The Morgan fingerprint density at radius 1 is 1.31 bits per heavy atom. The molecule has 0 aliphatic rings. The van der Waals surface area contributed by atoms with Gasteiger partial charge in [0.15, 0.2) is 0 Å². The maximum Gasteiger partial charge on any atom is 0.123 e. The van der Waals surface area contributed by atoms with E-state index in [1.54, 1.807) is 25.7 Å². The summed E-state index contributed by atoms with van der Waals surface area (Å²) in [5.41, 5.74) is 8.45. The highest BCUT2D eigenvalue weighted by Crippen LogP contribution is 2.24. The average Bonchev–Trinajstić information content (AvgIpc) is 2.39. The van der Waals surface area contributed by atoms with Gasteiger partial charge < -0.3 is 10.5 Å². The topological polar surface area (TPSA) is 61.0 Å². The van der Waals surface area contributed by atoms with Crippen LogP contribution in [-0.4, -0.2) is 17.1 Å². The second-order valence-electron chi connectivity index (χ2n) is 3.32. The number of benzene rings is 1. The molecule has 0 saturated heterocycles. The van der Waals surface area contributed by atoms with Crippen LogP contribution < -0.4 is 10.5 Å². The number of hydrogen-bond donors (Lipinski definition) is 1. The van der Waals surface area contributed by atoms with Crippen LogP contribution in [0.5, 0.6) is 5.75 Å². The predicted octanol–water partition coefficient (Wildman–Crippen LogP) is 1.61. The number of methoxy groups -OCH3 is 1. The highest BCUT2D eigenvalue weighted by atomic mass is 16.5. The molecule has 0 aliphatic carbocycles. The van der Waals surface area contributed by atoms with Gasteiger partial charge in [-0.2, -0.15) is 0 Å². The first kappa shape index (κ1) is 10.6. The van der Waals surface area contributed by atoms with E-state index in [0.717, 1.165) is 22.6 Å². The zero-order valence-electron chi connectivity index (χ0n) is 9.05. The van der Waals surface area contributed by atoms with Crippen LogP contribution in [0.3, 0.4) is 0 Å². The molecule has 1 aromatic carbocycles. The molecule has 0 amide bonds. The Morgan fingerprint density at radius 2 is 2.19 bits per heavy atom. The molecule has 0 fully saturated rings. The van der Waals surface area contributed by atoms with Gasteiger partial charge in [-0.1, -0.05) is 0 Å². The Bertz CT molecular complexity index is 471. The van der Waals surface area contributed by atoms with Crippen LogP contribution in [-0.2, 0) is 6.54 Å². The van der Waals surface area contributed by atoms with Gasteiger partial charge in [0, 0.05) is 30.1 Å². The molecule has 4 nitrogen and oxygen atoms in total. The van der Waals surface area contributed by atoms with Gasteiger partial charge in [0.2, 0.25) is 0 Å². The molecule has 0 spiro atoms. The van der Waals surface area contributed by atoms with Crippen molar-refractivity contribution >= 4 is 0 Å². The number of hydrogen-bond acceptors (Lipinski definition) is 4. The Balaban J connectivity index is 2.44. The summed E-state index contributed by atoms with van der Waals surface area (Å²) >= 11 is 0. The van der Waals surface area contributed by atoms with Gasteiger partial charge >= 0.3 is 0 Å². The van der Waals surface area contributed by atoms with E-state index in [2.05, 4.69) is 9.97 Å². The van der Waals surface area contributed by atoms with Crippen LogP contribution in [0.4, 0.5) is 0 Å². The number of aromatic nitrogens is 2. The van der Waals surface area contributed by atoms with Gasteiger partial charge in [-0.05, 0) is 18.2 Å². The third kappa shape index (κ3) is 2.01. The van der Waals surface area contributed by atoms with Crippen molar-refractivity contribution in [3.63, 3.8) is 0 Å². The second-order valence-corrected chi connectivity index (χ2v) is 3.32.